The van der Waals surface area contributed by atoms with Gasteiger partial charge in [-0.25, -0.2) is 0 Å². The Labute approximate surface area is 114 Å². The minimum absolute atomic E-state index is 0.583. The molecule has 0 spiro atoms. The molecule has 2 aliphatic carbocycles. The first-order valence-corrected chi connectivity index (χ1v) is 7.19. The summed E-state index contributed by atoms with van der Waals surface area (Å²) in [5.74, 6) is 1.26. The minimum atomic E-state index is 0.583. The Balaban J connectivity index is 1.85. The monoisotopic (exact) mass is 246 g/mol. The first-order chi connectivity index (χ1) is 9.33. The van der Waals surface area contributed by atoms with E-state index >= 15 is 0 Å². The van der Waals surface area contributed by atoms with E-state index in [1.807, 2.05) is 0 Å². The lowest BCUT2D eigenvalue weighted by Crippen LogP contribution is -2.20. The van der Waals surface area contributed by atoms with Gasteiger partial charge in [0.05, 0.1) is 0 Å². The second-order valence-electron chi connectivity index (χ2n) is 5.86. The van der Waals surface area contributed by atoms with E-state index in [0.717, 1.165) is 0 Å². The van der Waals surface area contributed by atoms with Crippen LogP contribution in [0.2, 0.25) is 0 Å². The number of benzene rings is 2. The van der Waals surface area contributed by atoms with Crippen LogP contribution in [0.3, 0.4) is 0 Å². The number of hydrogen-bond acceptors (Lipinski definition) is 0. The van der Waals surface area contributed by atoms with Crippen molar-refractivity contribution in [3.8, 4) is 0 Å². The smallest absolute Gasteiger partial charge is 0.00931 e. The number of hydrogen-bond donors (Lipinski definition) is 0. The molecule has 2 unspecified atom stereocenters. The predicted molar refractivity (Wildman–Crippen MR) is 80.5 cm³/mol. The standard InChI is InChI=1S/C19H18/c1-13-6-9-17-15(12-13)8-11-18-16-5-3-2-4-14(16)7-10-19(17)18/h2-6,8-9,11-12,18-19H,7,10H2,1H3. The summed E-state index contributed by atoms with van der Waals surface area (Å²) in [7, 11) is 0. The van der Waals surface area contributed by atoms with Crippen LogP contribution in [-0.4, -0.2) is 0 Å². The molecule has 0 aromatic heterocycles. The van der Waals surface area contributed by atoms with Crippen molar-refractivity contribution >= 4 is 6.08 Å². The maximum Gasteiger partial charge on any atom is 0.00931 e. The molecule has 0 amide bonds. The van der Waals surface area contributed by atoms with E-state index in [0.29, 0.717) is 11.8 Å². The SMILES string of the molecule is Cc1ccc2c(c1)C=CC1c3ccccc3CCC21. The molecule has 19 heavy (non-hydrogen) atoms. The van der Waals surface area contributed by atoms with E-state index < -0.39 is 0 Å². The summed E-state index contributed by atoms with van der Waals surface area (Å²) in [6, 6.07) is 15.9. The zero-order valence-corrected chi connectivity index (χ0v) is 11.3. The third-order valence-corrected chi connectivity index (χ3v) is 4.70. The average molecular weight is 246 g/mol. The molecule has 94 valence electrons. The fourth-order valence-electron chi connectivity index (χ4n) is 3.76. The van der Waals surface area contributed by atoms with Gasteiger partial charge >= 0.3 is 0 Å². The Morgan fingerprint density at radius 2 is 1.89 bits per heavy atom. The Morgan fingerprint density at radius 1 is 1.00 bits per heavy atom. The zero-order chi connectivity index (χ0) is 12.8. The van der Waals surface area contributed by atoms with E-state index in [1.54, 1.807) is 16.7 Å². The van der Waals surface area contributed by atoms with Crippen molar-refractivity contribution in [1.29, 1.82) is 0 Å². The van der Waals surface area contributed by atoms with Gasteiger partial charge in [0.25, 0.3) is 0 Å². The van der Waals surface area contributed by atoms with Crippen molar-refractivity contribution in [3.63, 3.8) is 0 Å². The quantitative estimate of drug-likeness (QED) is 0.624. The van der Waals surface area contributed by atoms with Gasteiger partial charge in [-0.15, -0.1) is 0 Å². The third kappa shape index (κ3) is 1.67. The molecule has 0 bridgehead atoms. The minimum Gasteiger partial charge on any atom is -0.0758 e. The molecule has 0 nitrogen and oxygen atoms in total. The normalized spacial score (nSPS) is 23.4. The Kier molecular flexibility index (Phi) is 2.38. The van der Waals surface area contributed by atoms with Crippen LogP contribution in [0.1, 0.15) is 46.1 Å². The zero-order valence-electron chi connectivity index (χ0n) is 11.3. The third-order valence-electron chi connectivity index (χ3n) is 4.70. The molecule has 0 radical (unpaired) electrons. The van der Waals surface area contributed by atoms with Crippen LogP contribution in [-0.2, 0) is 6.42 Å². The van der Waals surface area contributed by atoms with Crippen LogP contribution >= 0.6 is 0 Å². The summed E-state index contributed by atoms with van der Waals surface area (Å²) in [5, 5.41) is 0. The van der Waals surface area contributed by atoms with Gasteiger partial charge in [-0.1, -0.05) is 60.2 Å². The Bertz CT molecular complexity index is 663. The van der Waals surface area contributed by atoms with Crippen molar-refractivity contribution in [2.24, 2.45) is 0 Å². The van der Waals surface area contributed by atoms with Gasteiger partial charge in [0.15, 0.2) is 0 Å². The summed E-state index contributed by atoms with van der Waals surface area (Å²) < 4.78 is 0. The molecule has 2 aromatic rings. The summed E-state index contributed by atoms with van der Waals surface area (Å²) in [6.45, 7) is 2.18. The average Bonchev–Trinajstić information content (AvgIpc) is 2.46. The fourth-order valence-corrected chi connectivity index (χ4v) is 3.76. The van der Waals surface area contributed by atoms with Gasteiger partial charge in [-0.05, 0) is 47.9 Å². The molecular weight excluding hydrogens is 228 g/mol. The van der Waals surface area contributed by atoms with Crippen molar-refractivity contribution in [2.45, 2.75) is 31.6 Å². The van der Waals surface area contributed by atoms with Gasteiger partial charge < -0.3 is 0 Å². The maximum atomic E-state index is 2.42. The highest BCUT2D eigenvalue weighted by Gasteiger charge is 2.31. The Hall–Kier alpha value is -1.82. The highest BCUT2D eigenvalue weighted by molar-refractivity contribution is 5.62. The molecule has 0 heteroatoms. The van der Waals surface area contributed by atoms with Gasteiger partial charge in [0.2, 0.25) is 0 Å². The second kappa shape index (κ2) is 4.09. The van der Waals surface area contributed by atoms with Crippen LogP contribution in [0.5, 0.6) is 0 Å². The van der Waals surface area contributed by atoms with E-state index in [2.05, 4.69) is 61.5 Å². The fraction of sp³-hybridized carbons (Fsp3) is 0.263. The first-order valence-electron chi connectivity index (χ1n) is 7.19. The molecule has 0 saturated heterocycles. The molecule has 0 N–H and O–H groups in total. The van der Waals surface area contributed by atoms with Crippen LogP contribution in [0.15, 0.2) is 48.5 Å². The summed E-state index contributed by atoms with van der Waals surface area (Å²) in [5.41, 5.74) is 7.43. The van der Waals surface area contributed by atoms with Crippen LogP contribution in [0.25, 0.3) is 6.08 Å². The number of allylic oxidation sites excluding steroid dienone is 1. The van der Waals surface area contributed by atoms with Crippen molar-refractivity contribution in [2.75, 3.05) is 0 Å². The number of rotatable bonds is 0. The molecule has 0 fully saturated rings. The molecular formula is C19H18. The van der Waals surface area contributed by atoms with Crippen LogP contribution in [0, 0.1) is 6.92 Å². The number of fused-ring (bicyclic) bond motifs is 5. The van der Waals surface area contributed by atoms with Gasteiger partial charge in [-0.3, -0.25) is 0 Å². The van der Waals surface area contributed by atoms with Crippen molar-refractivity contribution in [1.82, 2.24) is 0 Å². The summed E-state index contributed by atoms with van der Waals surface area (Å²) in [4.78, 5) is 0. The lowest BCUT2D eigenvalue weighted by molar-refractivity contribution is 0.530. The van der Waals surface area contributed by atoms with E-state index in [4.69, 9.17) is 0 Å². The largest absolute Gasteiger partial charge is 0.0758 e. The van der Waals surface area contributed by atoms with E-state index in [9.17, 15) is 0 Å². The highest BCUT2D eigenvalue weighted by atomic mass is 14.3. The topological polar surface area (TPSA) is 0 Å². The molecule has 4 rings (SSSR count). The summed E-state index contributed by atoms with van der Waals surface area (Å²) >= 11 is 0. The molecule has 2 aliphatic rings. The first kappa shape index (κ1) is 11.0. The lowest BCUT2D eigenvalue weighted by atomic mass is 9.68. The molecule has 0 saturated carbocycles. The van der Waals surface area contributed by atoms with Gasteiger partial charge in [0.1, 0.15) is 0 Å². The lowest BCUT2D eigenvalue weighted by Gasteiger charge is -2.35. The van der Waals surface area contributed by atoms with Gasteiger partial charge in [0, 0.05) is 5.92 Å². The Morgan fingerprint density at radius 3 is 2.84 bits per heavy atom. The molecule has 2 aromatic carbocycles. The predicted octanol–water partition coefficient (Wildman–Crippen LogP) is 4.84. The maximum absolute atomic E-state index is 2.42. The summed E-state index contributed by atoms with van der Waals surface area (Å²) in [6.07, 6.45) is 7.25. The highest BCUT2D eigenvalue weighted by Crippen LogP contribution is 2.47. The van der Waals surface area contributed by atoms with E-state index in [-0.39, 0.29) is 0 Å². The molecule has 0 aliphatic heterocycles. The van der Waals surface area contributed by atoms with Crippen LogP contribution in [0.4, 0.5) is 0 Å². The van der Waals surface area contributed by atoms with Crippen molar-refractivity contribution in [3.05, 3.63) is 76.4 Å². The molecule has 0 heterocycles. The second-order valence-corrected chi connectivity index (χ2v) is 5.86. The van der Waals surface area contributed by atoms with Crippen molar-refractivity contribution < 1.29 is 0 Å². The number of aryl methyl sites for hydroxylation is 2. The van der Waals surface area contributed by atoms with Gasteiger partial charge in [-0.2, -0.15) is 0 Å². The molecule has 2 atom stereocenters. The van der Waals surface area contributed by atoms with Crippen LogP contribution < -0.4 is 0 Å². The van der Waals surface area contributed by atoms with E-state index in [1.165, 1.54) is 24.0 Å².